The number of likely N-dealkylation sites (tertiary alicyclic amines) is 1. The van der Waals surface area contributed by atoms with Gasteiger partial charge in [-0.1, -0.05) is 46.3 Å². The van der Waals surface area contributed by atoms with E-state index in [1.807, 2.05) is 6.20 Å². The van der Waals surface area contributed by atoms with Crippen molar-refractivity contribution in [3.8, 4) is 6.07 Å². The molecular weight excluding hydrogens is 556 g/mol. The molecule has 3 unspecified atom stereocenters. The van der Waals surface area contributed by atoms with E-state index in [2.05, 4.69) is 52.9 Å². The number of nitrogens with two attached hydrogens (primary N) is 1. The second-order valence-electron chi connectivity index (χ2n) is 11.3. The number of anilines is 1. The summed E-state index contributed by atoms with van der Waals surface area (Å²) in [5.74, 6) is 0.943. The van der Waals surface area contributed by atoms with E-state index in [0.717, 1.165) is 71.2 Å². The first kappa shape index (κ1) is 29.7. The lowest BCUT2D eigenvalue weighted by atomic mass is 9.77. The van der Waals surface area contributed by atoms with Crippen LogP contribution in [0.1, 0.15) is 56.5 Å². The zero-order valence-corrected chi connectivity index (χ0v) is 26.2. The van der Waals surface area contributed by atoms with Crippen molar-refractivity contribution in [1.29, 1.82) is 5.26 Å². The van der Waals surface area contributed by atoms with Crippen LogP contribution < -0.4 is 11.1 Å². The van der Waals surface area contributed by atoms with E-state index in [1.165, 1.54) is 18.9 Å². The Labute approximate surface area is 248 Å². The maximum Gasteiger partial charge on any atom is 0.198 e. The minimum atomic E-state index is -0.423. The van der Waals surface area contributed by atoms with E-state index < -0.39 is 5.83 Å². The van der Waals surface area contributed by atoms with Crippen molar-refractivity contribution < 1.29 is 13.9 Å². The Balaban J connectivity index is 0.000000794. The molecule has 0 saturated carbocycles. The largest absolute Gasteiger partial charge is 0.389 e. The fourth-order valence-electron chi connectivity index (χ4n) is 5.99. The van der Waals surface area contributed by atoms with Crippen LogP contribution in [0.2, 0.25) is 0 Å². The number of thiophene rings is 1. The third-order valence-corrected chi connectivity index (χ3v) is 10.4. The fraction of sp³-hybridized carbons (Fsp3) is 0.484. The molecule has 4 aliphatic heterocycles. The zero-order chi connectivity index (χ0) is 29.5. The summed E-state index contributed by atoms with van der Waals surface area (Å²) >= 11 is 1.07. The monoisotopic (exact) mass is 595 g/mol. The SMILES string of the molecule is C=C(C1=C(P)C2N=C(N3CC(C)C4(COC4)C3)NC=C2C2=C1COC2)c1c(/C(F)=C\C)sc(N)c1C#N.CCCC. The van der Waals surface area contributed by atoms with Gasteiger partial charge in [0, 0.05) is 35.8 Å². The van der Waals surface area contributed by atoms with Gasteiger partial charge in [-0.3, -0.25) is 0 Å². The molecule has 5 heterocycles. The fourth-order valence-corrected chi connectivity index (χ4v) is 7.60. The Morgan fingerprint density at radius 1 is 1.34 bits per heavy atom. The summed E-state index contributed by atoms with van der Waals surface area (Å²) in [6, 6.07) is 1.91. The molecule has 10 heteroatoms. The predicted molar refractivity (Wildman–Crippen MR) is 169 cm³/mol. The van der Waals surface area contributed by atoms with E-state index in [-0.39, 0.29) is 22.0 Å². The van der Waals surface area contributed by atoms with Crippen LogP contribution in [0, 0.1) is 22.7 Å². The summed E-state index contributed by atoms with van der Waals surface area (Å²) in [7, 11) is 2.85. The van der Waals surface area contributed by atoms with Gasteiger partial charge in [-0.05, 0) is 40.4 Å². The van der Waals surface area contributed by atoms with E-state index in [1.54, 1.807) is 6.92 Å². The van der Waals surface area contributed by atoms with Crippen LogP contribution in [0.25, 0.3) is 11.4 Å². The van der Waals surface area contributed by atoms with Crippen LogP contribution in [0.4, 0.5) is 9.39 Å². The average Bonchev–Trinajstić information content (AvgIpc) is 3.67. The first-order valence-corrected chi connectivity index (χ1v) is 15.6. The molecule has 2 saturated heterocycles. The first-order chi connectivity index (χ1) is 19.7. The highest BCUT2D eigenvalue weighted by Gasteiger charge is 2.51. The molecule has 6 rings (SSSR count). The van der Waals surface area contributed by atoms with Crippen molar-refractivity contribution in [3.63, 3.8) is 0 Å². The molecule has 2 fully saturated rings. The second kappa shape index (κ2) is 11.9. The Morgan fingerprint density at radius 3 is 2.63 bits per heavy atom. The Hall–Kier alpha value is -2.76. The van der Waals surface area contributed by atoms with Crippen LogP contribution in [0.3, 0.4) is 0 Å². The molecule has 3 N–H and O–H groups in total. The third-order valence-electron chi connectivity index (χ3n) is 8.74. The van der Waals surface area contributed by atoms with Gasteiger partial charge in [0.15, 0.2) is 5.96 Å². The average molecular weight is 596 g/mol. The molecule has 0 aromatic carbocycles. The van der Waals surface area contributed by atoms with Gasteiger partial charge in [0.2, 0.25) is 0 Å². The molecule has 1 aromatic rings. The number of fused-ring (bicyclic) bond motifs is 2. The molecule has 0 radical (unpaired) electrons. The number of ether oxygens (including phenoxy) is 2. The standard InChI is InChI=1S/C27H29FN5O2PS.C4H10/c1-4-19(28)24-21(15(5-29)25(30)37-24)14(3)20-18-9-34-8-17(18)16-6-31-26(32-22(16)23(20)36)33-7-13(2)27(10-33)11-35-12-27;1-3-4-2/h4,6,13,22H,3,7-12,30,36H2,1-2H3,(H,31,32);3-4H2,1-2H3/b19-4+;. The number of rotatable bonds is 4. The zero-order valence-electron chi connectivity index (χ0n) is 24.3. The number of hydrogen-bond donors (Lipinski definition) is 2. The number of unbranched alkanes of at least 4 members (excludes halogenated alkanes) is 1. The molecule has 218 valence electrons. The molecule has 1 aromatic heterocycles. The van der Waals surface area contributed by atoms with Gasteiger partial charge in [-0.15, -0.1) is 20.6 Å². The Kier molecular flexibility index (Phi) is 8.59. The highest BCUT2D eigenvalue weighted by Crippen LogP contribution is 2.50. The van der Waals surface area contributed by atoms with E-state index in [0.29, 0.717) is 35.1 Å². The van der Waals surface area contributed by atoms with E-state index in [9.17, 15) is 9.65 Å². The third kappa shape index (κ3) is 4.99. The van der Waals surface area contributed by atoms with Crippen molar-refractivity contribution in [1.82, 2.24) is 10.2 Å². The highest BCUT2D eigenvalue weighted by molar-refractivity contribution is 7.23. The van der Waals surface area contributed by atoms with Gasteiger partial charge in [0.05, 0.1) is 36.9 Å². The summed E-state index contributed by atoms with van der Waals surface area (Å²) in [5, 5.41) is 14.5. The molecule has 1 spiro atoms. The van der Waals surface area contributed by atoms with Crippen molar-refractivity contribution in [3.05, 3.63) is 62.5 Å². The van der Waals surface area contributed by atoms with Crippen LogP contribution in [-0.2, 0) is 9.47 Å². The molecule has 1 aliphatic carbocycles. The van der Waals surface area contributed by atoms with Crippen LogP contribution in [0.5, 0.6) is 0 Å². The van der Waals surface area contributed by atoms with Crippen molar-refractivity contribution in [2.45, 2.75) is 46.6 Å². The molecular formula is C31H39FN5O2PS. The molecule has 5 aliphatic rings. The number of nitrogen functional groups attached to an aromatic ring is 1. The number of halogens is 1. The number of allylic oxidation sites excluding steroid dienone is 2. The lowest BCUT2D eigenvalue weighted by molar-refractivity contribution is -0.123. The summed E-state index contributed by atoms with van der Waals surface area (Å²) in [6.07, 6.45) is 6.06. The Bertz CT molecular complexity index is 1460. The quantitative estimate of drug-likeness (QED) is 0.415. The molecule has 41 heavy (non-hydrogen) atoms. The van der Waals surface area contributed by atoms with Crippen molar-refractivity contribution in [2.24, 2.45) is 16.3 Å². The smallest absolute Gasteiger partial charge is 0.198 e. The Morgan fingerprint density at radius 2 is 2.05 bits per heavy atom. The lowest BCUT2D eigenvalue weighted by Crippen LogP contribution is -2.49. The van der Waals surface area contributed by atoms with E-state index in [4.69, 9.17) is 20.2 Å². The lowest BCUT2D eigenvalue weighted by Gasteiger charge is -2.41. The number of nitriles is 1. The molecule has 0 bridgehead atoms. The number of aliphatic imine (C=N–C) groups is 1. The minimum absolute atomic E-state index is 0.203. The van der Waals surface area contributed by atoms with Crippen molar-refractivity contribution in [2.75, 3.05) is 45.3 Å². The van der Waals surface area contributed by atoms with E-state index >= 15 is 0 Å². The van der Waals surface area contributed by atoms with Gasteiger partial charge < -0.3 is 25.4 Å². The van der Waals surface area contributed by atoms with Crippen LogP contribution >= 0.6 is 20.6 Å². The summed E-state index contributed by atoms with van der Waals surface area (Å²) in [5.41, 5.74) is 11.6. The number of hydrogen-bond acceptors (Lipinski definition) is 8. The first-order valence-electron chi connectivity index (χ1n) is 14.2. The number of nitrogens with one attached hydrogen (secondary N) is 1. The molecule has 3 atom stereocenters. The van der Waals surface area contributed by atoms with Gasteiger partial charge >= 0.3 is 0 Å². The number of guanidine groups is 1. The molecule has 7 nitrogen and oxygen atoms in total. The normalized spacial score (nSPS) is 24.5. The van der Waals surface area contributed by atoms with Gasteiger partial charge in [-0.25, -0.2) is 9.38 Å². The molecule has 0 amide bonds. The van der Waals surface area contributed by atoms with Crippen molar-refractivity contribution >= 4 is 42.9 Å². The summed E-state index contributed by atoms with van der Waals surface area (Å²) in [4.78, 5) is 7.81. The van der Waals surface area contributed by atoms with Crippen LogP contribution in [0.15, 0.2) is 51.5 Å². The predicted octanol–water partition coefficient (Wildman–Crippen LogP) is 6.00. The topological polar surface area (TPSA) is 95.9 Å². The summed E-state index contributed by atoms with van der Waals surface area (Å²) < 4.78 is 26.4. The van der Waals surface area contributed by atoms with Gasteiger partial charge in [0.1, 0.15) is 22.9 Å². The minimum Gasteiger partial charge on any atom is -0.389 e. The maximum atomic E-state index is 14.9. The highest BCUT2D eigenvalue weighted by atomic mass is 32.1. The van der Waals surface area contributed by atoms with Gasteiger partial charge in [-0.2, -0.15) is 5.26 Å². The second-order valence-corrected chi connectivity index (χ2v) is 13.0. The number of nitrogens with zero attached hydrogens (tertiary/aromatic N) is 3. The maximum absolute atomic E-state index is 14.9. The summed E-state index contributed by atoms with van der Waals surface area (Å²) in [6.45, 7) is 16.9. The van der Waals surface area contributed by atoms with Gasteiger partial charge in [0.25, 0.3) is 0 Å². The van der Waals surface area contributed by atoms with Crippen LogP contribution in [-0.4, -0.2) is 56.4 Å².